The molecule has 80 valence electrons. The fourth-order valence-electron chi connectivity index (χ4n) is 2.52. The number of rotatable bonds is 1. The van der Waals surface area contributed by atoms with Crippen molar-refractivity contribution in [2.45, 2.75) is 38.8 Å². The molecule has 0 aromatic rings. The van der Waals surface area contributed by atoms with Crippen molar-refractivity contribution >= 4 is 0 Å². The van der Waals surface area contributed by atoms with Crippen molar-refractivity contribution in [3.05, 3.63) is 12.2 Å². The fourth-order valence-corrected chi connectivity index (χ4v) is 2.52. The van der Waals surface area contributed by atoms with Crippen LogP contribution < -0.4 is 0 Å². The summed E-state index contributed by atoms with van der Waals surface area (Å²) in [6.07, 6.45) is 4.74. The third-order valence-electron chi connectivity index (χ3n) is 3.64. The van der Waals surface area contributed by atoms with Crippen molar-refractivity contribution in [2.24, 2.45) is 0 Å². The molecule has 0 bridgehead atoms. The third-order valence-corrected chi connectivity index (χ3v) is 3.64. The molecule has 2 aliphatic rings. The second-order valence-electron chi connectivity index (χ2n) is 5.57. The van der Waals surface area contributed by atoms with Gasteiger partial charge in [-0.15, -0.1) is 0 Å². The van der Waals surface area contributed by atoms with Crippen LogP contribution in [0.4, 0.5) is 0 Å². The molecule has 0 aromatic carbocycles. The Morgan fingerprint density at radius 2 is 1.93 bits per heavy atom. The van der Waals surface area contributed by atoms with Gasteiger partial charge in [0.25, 0.3) is 0 Å². The minimum absolute atomic E-state index is 0.334. The van der Waals surface area contributed by atoms with Crippen molar-refractivity contribution in [3.63, 3.8) is 0 Å². The van der Waals surface area contributed by atoms with E-state index in [1.165, 1.54) is 19.6 Å². The first-order valence-corrected chi connectivity index (χ1v) is 5.66. The summed E-state index contributed by atoms with van der Waals surface area (Å²) >= 11 is 0. The Hall–Kier alpha value is -0.340. The van der Waals surface area contributed by atoms with Crippen LogP contribution >= 0.6 is 0 Å². The van der Waals surface area contributed by atoms with Crippen molar-refractivity contribution in [1.29, 1.82) is 0 Å². The molecule has 2 rings (SSSR count). The molecule has 0 amide bonds. The van der Waals surface area contributed by atoms with Crippen molar-refractivity contribution in [1.82, 2.24) is 9.80 Å². The highest BCUT2D eigenvalue weighted by atomic mass is 15.4. The highest BCUT2D eigenvalue weighted by Crippen LogP contribution is 2.36. The largest absolute Gasteiger partial charge is 0.294 e. The molecule has 0 saturated carbocycles. The first kappa shape index (κ1) is 10.2. The molecule has 1 fully saturated rings. The van der Waals surface area contributed by atoms with Gasteiger partial charge in [0.2, 0.25) is 0 Å². The van der Waals surface area contributed by atoms with Crippen LogP contribution in [0.2, 0.25) is 0 Å². The molecule has 2 nitrogen and oxygen atoms in total. The second kappa shape index (κ2) is 3.07. The van der Waals surface area contributed by atoms with Crippen LogP contribution in [0.1, 0.15) is 27.7 Å². The molecular formula is C12H22N2. The fraction of sp³-hybridized carbons (Fsp3) is 0.833. The molecule has 2 heterocycles. The van der Waals surface area contributed by atoms with E-state index in [0.29, 0.717) is 11.1 Å². The zero-order valence-electron chi connectivity index (χ0n) is 9.88. The van der Waals surface area contributed by atoms with Gasteiger partial charge in [-0.2, -0.15) is 0 Å². The van der Waals surface area contributed by atoms with Crippen molar-refractivity contribution < 1.29 is 0 Å². The molecule has 0 aliphatic carbocycles. The van der Waals surface area contributed by atoms with Gasteiger partial charge in [0.1, 0.15) is 0 Å². The molecule has 0 unspecified atom stereocenters. The quantitative estimate of drug-likeness (QED) is 0.587. The summed E-state index contributed by atoms with van der Waals surface area (Å²) in [5.74, 6) is 0. The highest BCUT2D eigenvalue weighted by molar-refractivity contribution is 5.23. The molecule has 1 spiro atoms. The summed E-state index contributed by atoms with van der Waals surface area (Å²) in [4.78, 5) is 5.14. The van der Waals surface area contributed by atoms with Gasteiger partial charge < -0.3 is 0 Å². The maximum atomic E-state index is 2.58. The standard InChI is InChI=1S/C12H22N2/c1-5-13-8-6-7-12(13)9-14(10-12)11(2,3)4/h6-7H,5,8-10H2,1-4H3. The highest BCUT2D eigenvalue weighted by Gasteiger charge is 2.49. The van der Waals surface area contributed by atoms with Gasteiger partial charge in [0, 0.05) is 25.2 Å². The van der Waals surface area contributed by atoms with Gasteiger partial charge in [-0.3, -0.25) is 9.80 Å². The Kier molecular flexibility index (Phi) is 2.24. The van der Waals surface area contributed by atoms with Crippen LogP contribution in [0.15, 0.2) is 12.2 Å². The van der Waals surface area contributed by atoms with Crippen LogP contribution in [0, 0.1) is 0 Å². The second-order valence-corrected chi connectivity index (χ2v) is 5.57. The van der Waals surface area contributed by atoms with Crippen molar-refractivity contribution in [3.8, 4) is 0 Å². The summed E-state index contributed by atoms with van der Waals surface area (Å²) in [5, 5.41) is 0. The van der Waals surface area contributed by atoms with Crippen LogP contribution in [-0.2, 0) is 0 Å². The summed E-state index contributed by atoms with van der Waals surface area (Å²) in [6, 6.07) is 0. The number of nitrogens with zero attached hydrogens (tertiary/aromatic N) is 2. The lowest BCUT2D eigenvalue weighted by Gasteiger charge is -2.57. The SMILES string of the molecule is CCN1CC=CC12CN(C(C)(C)C)C2. The summed E-state index contributed by atoms with van der Waals surface area (Å²) < 4.78 is 0. The Morgan fingerprint density at radius 3 is 2.43 bits per heavy atom. The molecule has 0 N–H and O–H groups in total. The van der Waals surface area contributed by atoms with Crippen LogP contribution in [0.5, 0.6) is 0 Å². The predicted molar refractivity (Wildman–Crippen MR) is 60.4 cm³/mol. The first-order chi connectivity index (χ1) is 6.48. The Morgan fingerprint density at radius 1 is 1.29 bits per heavy atom. The third kappa shape index (κ3) is 1.41. The van der Waals surface area contributed by atoms with E-state index in [2.05, 4.69) is 49.6 Å². The first-order valence-electron chi connectivity index (χ1n) is 5.66. The van der Waals surface area contributed by atoms with Crippen LogP contribution in [0.3, 0.4) is 0 Å². The average Bonchev–Trinajstić information content (AvgIpc) is 2.41. The Bertz CT molecular complexity index is 244. The number of likely N-dealkylation sites (tertiary alicyclic amines) is 1. The predicted octanol–water partition coefficient (Wildman–Crippen LogP) is 1.73. The van der Waals surface area contributed by atoms with E-state index in [9.17, 15) is 0 Å². The number of hydrogen-bond acceptors (Lipinski definition) is 2. The average molecular weight is 194 g/mol. The summed E-state index contributed by atoms with van der Waals surface area (Å²) in [6.45, 7) is 13.9. The number of hydrogen-bond donors (Lipinski definition) is 0. The Labute approximate surface area is 87.6 Å². The topological polar surface area (TPSA) is 6.48 Å². The van der Waals surface area contributed by atoms with E-state index >= 15 is 0 Å². The molecule has 14 heavy (non-hydrogen) atoms. The zero-order chi connectivity index (χ0) is 10.4. The molecule has 2 heteroatoms. The maximum absolute atomic E-state index is 2.58. The van der Waals surface area contributed by atoms with Gasteiger partial charge in [0.05, 0.1) is 5.54 Å². The molecule has 1 saturated heterocycles. The molecular weight excluding hydrogens is 172 g/mol. The van der Waals surface area contributed by atoms with Gasteiger partial charge in [0.15, 0.2) is 0 Å². The monoisotopic (exact) mass is 194 g/mol. The van der Waals surface area contributed by atoms with Crippen LogP contribution in [0.25, 0.3) is 0 Å². The lowest BCUT2D eigenvalue weighted by atomic mass is 9.85. The van der Waals surface area contributed by atoms with Gasteiger partial charge in [-0.05, 0) is 27.3 Å². The van der Waals surface area contributed by atoms with Crippen molar-refractivity contribution in [2.75, 3.05) is 26.2 Å². The van der Waals surface area contributed by atoms with E-state index in [1.807, 2.05) is 0 Å². The van der Waals surface area contributed by atoms with E-state index in [-0.39, 0.29) is 0 Å². The number of likely N-dealkylation sites (N-methyl/N-ethyl adjacent to an activating group) is 1. The van der Waals surface area contributed by atoms with E-state index < -0.39 is 0 Å². The van der Waals surface area contributed by atoms with Gasteiger partial charge in [-0.25, -0.2) is 0 Å². The summed E-state index contributed by atoms with van der Waals surface area (Å²) in [7, 11) is 0. The smallest absolute Gasteiger partial charge is 0.0650 e. The van der Waals surface area contributed by atoms with Gasteiger partial charge in [-0.1, -0.05) is 19.1 Å². The zero-order valence-corrected chi connectivity index (χ0v) is 9.88. The van der Waals surface area contributed by atoms with E-state index in [1.54, 1.807) is 0 Å². The van der Waals surface area contributed by atoms with Gasteiger partial charge >= 0.3 is 0 Å². The van der Waals surface area contributed by atoms with Crippen LogP contribution in [-0.4, -0.2) is 47.1 Å². The minimum atomic E-state index is 0.334. The minimum Gasteiger partial charge on any atom is -0.294 e. The lowest BCUT2D eigenvalue weighted by molar-refractivity contribution is -0.0542. The summed E-state index contributed by atoms with van der Waals surface area (Å²) in [5.41, 5.74) is 0.725. The molecule has 2 aliphatic heterocycles. The molecule has 0 atom stereocenters. The van der Waals surface area contributed by atoms with E-state index in [4.69, 9.17) is 0 Å². The lowest BCUT2D eigenvalue weighted by Crippen LogP contribution is -2.71. The maximum Gasteiger partial charge on any atom is 0.0650 e. The van der Waals surface area contributed by atoms with E-state index in [0.717, 1.165) is 6.54 Å². The molecule has 0 radical (unpaired) electrons. The molecule has 0 aromatic heterocycles. The Balaban J connectivity index is 2.01. The normalized spacial score (nSPS) is 27.1.